The quantitative estimate of drug-likeness (QED) is 0.903. The van der Waals surface area contributed by atoms with Gasteiger partial charge in [-0.3, -0.25) is 4.98 Å². The van der Waals surface area contributed by atoms with Gasteiger partial charge in [-0.05, 0) is 63.6 Å². The highest BCUT2D eigenvalue weighted by Gasteiger charge is 2.29. The zero-order valence-electron chi connectivity index (χ0n) is 12.6. The van der Waals surface area contributed by atoms with Crippen molar-refractivity contribution in [3.63, 3.8) is 0 Å². The summed E-state index contributed by atoms with van der Waals surface area (Å²) >= 11 is 0. The van der Waals surface area contributed by atoms with Gasteiger partial charge in [-0.2, -0.15) is 0 Å². The molecule has 19 heavy (non-hydrogen) atoms. The Bertz CT molecular complexity index is 411. The first-order valence-corrected chi connectivity index (χ1v) is 7.23. The second kappa shape index (κ2) is 5.91. The van der Waals surface area contributed by atoms with Gasteiger partial charge in [-0.25, -0.2) is 0 Å². The molecular weight excluding hydrogens is 236 g/mol. The molecule has 2 rings (SSSR count). The molecule has 1 fully saturated rings. The summed E-state index contributed by atoms with van der Waals surface area (Å²) in [5, 5.41) is 3.64. The summed E-state index contributed by atoms with van der Waals surface area (Å²) in [5.41, 5.74) is 1.53. The van der Waals surface area contributed by atoms with Crippen molar-refractivity contribution in [2.75, 3.05) is 13.7 Å². The molecule has 0 bridgehead atoms. The third kappa shape index (κ3) is 3.93. The van der Waals surface area contributed by atoms with Gasteiger partial charge in [0.15, 0.2) is 0 Å². The van der Waals surface area contributed by atoms with Gasteiger partial charge in [0.25, 0.3) is 0 Å². The van der Waals surface area contributed by atoms with Crippen LogP contribution in [-0.4, -0.2) is 24.2 Å². The predicted molar refractivity (Wildman–Crippen MR) is 78.6 cm³/mol. The number of ether oxygens (including phenoxy) is 1. The van der Waals surface area contributed by atoms with E-state index in [4.69, 9.17) is 4.74 Å². The highest BCUT2D eigenvalue weighted by Crippen LogP contribution is 2.39. The fourth-order valence-corrected chi connectivity index (χ4v) is 2.91. The van der Waals surface area contributed by atoms with Gasteiger partial charge >= 0.3 is 0 Å². The normalized spacial score (nSPS) is 23.6. The molecule has 3 heteroatoms. The Balaban J connectivity index is 2.05. The molecule has 0 radical (unpaired) electrons. The molecule has 0 aliphatic heterocycles. The second-order valence-corrected chi connectivity index (χ2v) is 6.59. The fourth-order valence-electron chi connectivity index (χ4n) is 2.91. The zero-order valence-corrected chi connectivity index (χ0v) is 12.6. The molecule has 1 aromatic rings. The van der Waals surface area contributed by atoms with Gasteiger partial charge in [0.05, 0.1) is 13.3 Å². The van der Waals surface area contributed by atoms with Crippen LogP contribution in [0.5, 0.6) is 5.75 Å². The standard InChI is InChI=1S/C16H26N2O/c1-16(2,3)18-10-12-6-5-7-15(12)13-8-14(19-4)11-17-9-13/h8-9,11-12,15,18H,5-7,10H2,1-4H3. The molecule has 1 saturated carbocycles. The van der Waals surface area contributed by atoms with Crippen molar-refractivity contribution in [2.45, 2.75) is 51.5 Å². The van der Waals surface area contributed by atoms with Crippen LogP contribution in [-0.2, 0) is 0 Å². The van der Waals surface area contributed by atoms with E-state index in [9.17, 15) is 0 Å². The minimum atomic E-state index is 0.194. The van der Waals surface area contributed by atoms with Gasteiger partial charge in [0, 0.05) is 11.7 Å². The molecule has 1 aliphatic carbocycles. The first kappa shape index (κ1) is 14.3. The minimum Gasteiger partial charge on any atom is -0.495 e. The predicted octanol–water partition coefficient (Wildman–Crippen LogP) is 3.36. The van der Waals surface area contributed by atoms with E-state index in [1.807, 2.05) is 6.20 Å². The van der Waals surface area contributed by atoms with Crippen LogP contribution in [0, 0.1) is 5.92 Å². The van der Waals surface area contributed by atoms with Crippen LogP contribution in [0.15, 0.2) is 18.5 Å². The van der Waals surface area contributed by atoms with E-state index < -0.39 is 0 Å². The van der Waals surface area contributed by atoms with E-state index in [0.29, 0.717) is 11.8 Å². The van der Waals surface area contributed by atoms with Crippen molar-refractivity contribution < 1.29 is 4.74 Å². The van der Waals surface area contributed by atoms with Gasteiger partial charge in [-0.1, -0.05) is 6.42 Å². The average molecular weight is 262 g/mol. The van der Waals surface area contributed by atoms with Crippen molar-refractivity contribution in [1.29, 1.82) is 0 Å². The monoisotopic (exact) mass is 262 g/mol. The molecule has 1 N–H and O–H groups in total. The van der Waals surface area contributed by atoms with Gasteiger partial charge in [0.2, 0.25) is 0 Å². The maximum atomic E-state index is 5.29. The third-order valence-corrected chi connectivity index (χ3v) is 3.95. The van der Waals surface area contributed by atoms with Crippen LogP contribution >= 0.6 is 0 Å². The first-order valence-electron chi connectivity index (χ1n) is 7.23. The lowest BCUT2D eigenvalue weighted by atomic mass is 9.89. The second-order valence-electron chi connectivity index (χ2n) is 6.59. The summed E-state index contributed by atoms with van der Waals surface area (Å²) in [5.74, 6) is 2.21. The number of nitrogens with one attached hydrogen (secondary N) is 1. The Hall–Kier alpha value is -1.09. The van der Waals surface area contributed by atoms with E-state index in [-0.39, 0.29) is 5.54 Å². The summed E-state index contributed by atoms with van der Waals surface area (Å²) in [7, 11) is 1.70. The van der Waals surface area contributed by atoms with E-state index in [2.05, 4.69) is 37.1 Å². The van der Waals surface area contributed by atoms with Crippen molar-refractivity contribution in [3.05, 3.63) is 24.0 Å². The van der Waals surface area contributed by atoms with E-state index in [1.165, 1.54) is 24.8 Å². The Morgan fingerprint density at radius 1 is 1.32 bits per heavy atom. The molecule has 1 aromatic heterocycles. The van der Waals surface area contributed by atoms with Crippen molar-refractivity contribution in [3.8, 4) is 5.75 Å². The molecule has 3 nitrogen and oxygen atoms in total. The average Bonchev–Trinajstić information content (AvgIpc) is 2.84. The number of hydrogen-bond acceptors (Lipinski definition) is 3. The summed E-state index contributed by atoms with van der Waals surface area (Å²) in [6.07, 6.45) is 7.68. The molecule has 0 spiro atoms. The number of pyridine rings is 1. The smallest absolute Gasteiger partial charge is 0.137 e. The lowest BCUT2D eigenvalue weighted by Crippen LogP contribution is -2.39. The fraction of sp³-hybridized carbons (Fsp3) is 0.688. The first-order chi connectivity index (χ1) is 8.99. The number of aromatic nitrogens is 1. The Morgan fingerprint density at radius 2 is 2.11 bits per heavy atom. The van der Waals surface area contributed by atoms with Crippen molar-refractivity contribution in [2.24, 2.45) is 5.92 Å². The highest BCUT2D eigenvalue weighted by molar-refractivity contribution is 5.27. The molecule has 2 atom stereocenters. The topological polar surface area (TPSA) is 34.1 Å². The van der Waals surface area contributed by atoms with Crippen LogP contribution in [0.2, 0.25) is 0 Å². The summed E-state index contributed by atoms with van der Waals surface area (Å²) in [4.78, 5) is 4.30. The number of hydrogen-bond donors (Lipinski definition) is 1. The summed E-state index contributed by atoms with van der Waals surface area (Å²) in [6.45, 7) is 7.77. The molecular formula is C16H26N2O. The number of rotatable bonds is 4. The SMILES string of the molecule is COc1cncc(C2CCCC2CNC(C)(C)C)c1. The molecule has 0 saturated heterocycles. The maximum absolute atomic E-state index is 5.29. The van der Waals surface area contributed by atoms with Crippen LogP contribution in [0.4, 0.5) is 0 Å². The van der Waals surface area contributed by atoms with Crippen LogP contribution in [0.3, 0.4) is 0 Å². The molecule has 0 amide bonds. The largest absolute Gasteiger partial charge is 0.495 e. The van der Waals surface area contributed by atoms with Crippen molar-refractivity contribution in [1.82, 2.24) is 10.3 Å². The third-order valence-electron chi connectivity index (χ3n) is 3.95. The summed E-state index contributed by atoms with van der Waals surface area (Å²) < 4.78 is 5.29. The molecule has 0 aromatic carbocycles. The van der Waals surface area contributed by atoms with Crippen LogP contribution in [0.25, 0.3) is 0 Å². The van der Waals surface area contributed by atoms with E-state index in [1.54, 1.807) is 13.3 Å². The lowest BCUT2D eigenvalue weighted by molar-refractivity contribution is 0.355. The van der Waals surface area contributed by atoms with Crippen molar-refractivity contribution >= 4 is 0 Å². The highest BCUT2D eigenvalue weighted by atomic mass is 16.5. The maximum Gasteiger partial charge on any atom is 0.137 e. The van der Waals surface area contributed by atoms with Gasteiger partial charge in [0.1, 0.15) is 5.75 Å². The van der Waals surface area contributed by atoms with Gasteiger partial charge < -0.3 is 10.1 Å². The Kier molecular flexibility index (Phi) is 4.46. The van der Waals surface area contributed by atoms with Crippen LogP contribution < -0.4 is 10.1 Å². The van der Waals surface area contributed by atoms with E-state index >= 15 is 0 Å². The lowest BCUT2D eigenvalue weighted by Gasteiger charge is -2.26. The number of nitrogens with zero attached hydrogens (tertiary/aromatic N) is 1. The summed E-state index contributed by atoms with van der Waals surface area (Å²) in [6, 6.07) is 2.15. The Labute approximate surface area is 116 Å². The molecule has 106 valence electrons. The van der Waals surface area contributed by atoms with E-state index in [0.717, 1.165) is 12.3 Å². The number of methoxy groups -OCH3 is 1. The van der Waals surface area contributed by atoms with Gasteiger partial charge in [-0.15, -0.1) is 0 Å². The Morgan fingerprint density at radius 3 is 2.79 bits per heavy atom. The molecule has 1 heterocycles. The molecule has 1 aliphatic rings. The molecule has 2 unspecified atom stereocenters. The van der Waals surface area contributed by atoms with Crippen LogP contribution in [0.1, 0.15) is 51.5 Å². The zero-order chi connectivity index (χ0) is 13.9. The minimum absolute atomic E-state index is 0.194.